The summed E-state index contributed by atoms with van der Waals surface area (Å²) in [5.74, 6) is 2.85. The van der Waals surface area contributed by atoms with E-state index in [9.17, 15) is 5.11 Å². The van der Waals surface area contributed by atoms with Crippen LogP contribution >= 0.6 is 0 Å². The molecule has 0 spiro atoms. The number of hydrogen-bond donors (Lipinski definition) is 2. The van der Waals surface area contributed by atoms with Gasteiger partial charge >= 0.3 is 0 Å². The summed E-state index contributed by atoms with van der Waals surface area (Å²) in [7, 11) is 0. The van der Waals surface area contributed by atoms with E-state index in [0.29, 0.717) is 0 Å². The van der Waals surface area contributed by atoms with Gasteiger partial charge in [0.25, 0.3) is 0 Å². The molecule has 0 saturated heterocycles. The fourth-order valence-electron chi connectivity index (χ4n) is 3.74. The second-order valence-electron chi connectivity index (χ2n) is 8.83. The molecule has 0 fully saturated rings. The van der Waals surface area contributed by atoms with Crippen LogP contribution in [0.2, 0.25) is 0 Å². The van der Waals surface area contributed by atoms with E-state index >= 15 is 0 Å². The quantitative estimate of drug-likeness (QED) is 0.619. The van der Waals surface area contributed by atoms with E-state index in [1.54, 1.807) is 0 Å². The Hall–Kier alpha value is -2.92. The molecule has 1 aliphatic rings. The van der Waals surface area contributed by atoms with Crippen molar-refractivity contribution in [2.45, 2.75) is 52.2 Å². The average molecular weight is 403 g/mol. The zero-order valence-electron chi connectivity index (χ0n) is 18.2. The molecule has 0 atom stereocenters. The first-order valence-corrected chi connectivity index (χ1v) is 10.6. The highest BCUT2D eigenvalue weighted by atomic mass is 16.3. The van der Waals surface area contributed by atoms with Gasteiger partial charge in [-0.05, 0) is 49.1 Å². The van der Waals surface area contributed by atoms with Gasteiger partial charge in [0.05, 0.1) is 5.60 Å². The number of anilines is 3. The predicted molar refractivity (Wildman–Crippen MR) is 122 cm³/mol. The lowest BCUT2D eigenvalue weighted by Crippen LogP contribution is -2.32. The largest absolute Gasteiger partial charge is 0.386 e. The molecular weight excluding hydrogens is 372 g/mol. The molecule has 5 nitrogen and oxygen atoms in total. The molecule has 0 bridgehead atoms. The van der Waals surface area contributed by atoms with Crippen LogP contribution in [-0.4, -0.2) is 21.6 Å². The molecule has 5 heteroatoms. The lowest BCUT2D eigenvalue weighted by molar-refractivity contribution is 0.0785. The summed E-state index contributed by atoms with van der Waals surface area (Å²) in [6.45, 7) is 9.60. The molecule has 2 heterocycles. The van der Waals surface area contributed by atoms with Crippen molar-refractivity contribution < 1.29 is 5.11 Å². The Morgan fingerprint density at radius 2 is 1.77 bits per heavy atom. The van der Waals surface area contributed by atoms with Crippen molar-refractivity contribution in [3.8, 4) is 0 Å². The first kappa shape index (κ1) is 20.4. The monoisotopic (exact) mass is 402 g/mol. The second kappa shape index (κ2) is 8.07. The zero-order valence-corrected chi connectivity index (χ0v) is 18.2. The second-order valence-corrected chi connectivity index (χ2v) is 8.83. The standard InChI is InChI=1S/C25H30N4O/c1-17(2)24-27-22(26-21-8-6-5-7-9-21)15-23(28-24)29-13-12-18-14-20(25(3,4)30)11-10-19(18)16-29/h5-11,14-15,17,30H,12-13,16H2,1-4H3,(H,26,27,28). The third-order valence-corrected chi connectivity index (χ3v) is 5.54. The van der Waals surface area contributed by atoms with Crippen molar-refractivity contribution in [2.24, 2.45) is 0 Å². The van der Waals surface area contributed by atoms with E-state index in [4.69, 9.17) is 9.97 Å². The molecule has 2 N–H and O–H groups in total. The number of hydrogen-bond acceptors (Lipinski definition) is 5. The molecule has 156 valence electrons. The minimum Gasteiger partial charge on any atom is -0.386 e. The first-order valence-electron chi connectivity index (χ1n) is 10.6. The summed E-state index contributed by atoms with van der Waals surface area (Å²) in [5, 5.41) is 13.7. The minimum absolute atomic E-state index is 0.243. The molecular formula is C25H30N4O. The van der Waals surface area contributed by atoms with Crippen LogP contribution in [0.4, 0.5) is 17.3 Å². The van der Waals surface area contributed by atoms with Crippen LogP contribution < -0.4 is 10.2 Å². The van der Waals surface area contributed by atoms with E-state index < -0.39 is 5.60 Å². The Kier molecular flexibility index (Phi) is 5.48. The Morgan fingerprint density at radius 3 is 2.47 bits per heavy atom. The van der Waals surface area contributed by atoms with Crippen molar-refractivity contribution in [1.82, 2.24) is 9.97 Å². The van der Waals surface area contributed by atoms with Crippen LogP contribution in [0.3, 0.4) is 0 Å². The van der Waals surface area contributed by atoms with Gasteiger partial charge in [-0.2, -0.15) is 0 Å². The van der Waals surface area contributed by atoms with Gasteiger partial charge in [0.2, 0.25) is 0 Å². The van der Waals surface area contributed by atoms with Gasteiger partial charge in [0.15, 0.2) is 0 Å². The van der Waals surface area contributed by atoms with E-state index in [2.05, 4.69) is 36.2 Å². The number of benzene rings is 2. The summed E-state index contributed by atoms with van der Waals surface area (Å²) in [4.78, 5) is 11.9. The molecule has 1 aromatic heterocycles. The van der Waals surface area contributed by atoms with Crippen molar-refractivity contribution in [2.75, 3.05) is 16.8 Å². The molecule has 2 aromatic carbocycles. The maximum absolute atomic E-state index is 10.3. The van der Waals surface area contributed by atoms with Crippen LogP contribution in [0.1, 0.15) is 56.1 Å². The van der Waals surface area contributed by atoms with Crippen LogP contribution in [-0.2, 0) is 18.6 Å². The van der Waals surface area contributed by atoms with E-state index in [1.165, 1.54) is 11.1 Å². The summed E-state index contributed by atoms with van der Waals surface area (Å²) in [5.41, 5.74) is 3.76. The van der Waals surface area contributed by atoms with Gasteiger partial charge in [-0.15, -0.1) is 0 Å². The number of nitrogens with one attached hydrogen (secondary N) is 1. The highest BCUT2D eigenvalue weighted by Gasteiger charge is 2.23. The van der Waals surface area contributed by atoms with Crippen LogP contribution in [0.15, 0.2) is 54.6 Å². The molecule has 1 aliphatic heterocycles. The van der Waals surface area contributed by atoms with E-state index in [1.807, 2.05) is 56.3 Å². The third-order valence-electron chi connectivity index (χ3n) is 5.54. The van der Waals surface area contributed by atoms with Crippen molar-refractivity contribution in [3.05, 3.63) is 77.1 Å². The Labute approximate surface area is 178 Å². The van der Waals surface area contributed by atoms with Crippen LogP contribution in [0.5, 0.6) is 0 Å². The lowest BCUT2D eigenvalue weighted by Gasteiger charge is -2.31. The van der Waals surface area contributed by atoms with Gasteiger partial charge < -0.3 is 15.3 Å². The average Bonchev–Trinajstić information content (AvgIpc) is 2.73. The first-order chi connectivity index (χ1) is 14.3. The summed E-state index contributed by atoms with van der Waals surface area (Å²) >= 11 is 0. The van der Waals surface area contributed by atoms with Crippen LogP contribution in [0.25, 0.3) is 0 Å². The summed E-state index contributed by atoms with van der Waals surface area (Å²) in [6, 6.07) is 18.5. The maximum Gasteiger partial charge on any atom is 0.136 e. The fraction of sp³-hybridized carbons (Fsp3) is 0.360. The number of fused-ring (bicyclic) bond motifs is 1. The third kappa shape index (κ3) is 4.46. The van der Waals surface area contributed by atoms with E-state index in [0.717, 1.165) is 48.2 Å². The van der Waals surface area contributed by atoms with Gasteiger partial charge in [-0.3, -0.25) is 0 Å². The number of rotatable bonds is 5. The smallest absolute Gasteiger partial charge is 0.136 e. The zero-order chi connectivity index (χ0) is 21.3. The van der Waals surface area contributed by atoms with E-state index in [-0.39, 0.29) is 5.92 Å². The Balaban J connectivity index is 1.62. The topological polar surface area (TPSA) is 61.3 Å². The maximum atomic E-state index is 10.3. The number of aliphatic hydroxyl groups is 1. The number of nitrogens with zero attached hydrogens (tertiary/aromatic N) is 3. The molecule has 4 rings (SSSR count). The SMILES string of the molecule is CC(C)c1nc(Nc2ccccc2)cc(N2CCc3cc(C(C)(C)O)ccc3C2)n1. The highest BCUT2D eigenvalue weighted by Crippen LogP contribution is 2.30. The molecule has 0 aliphatic carbocycles. The number of para-hydroxylation sites is 1. The Morgan fingerprint density at radius 1 is 1.00 bits per heavy atom. The highest BCUT2D eigenvalue weighted by molar-refractivity contribution is 5.60. The minimum atomic E-state index is -0.816. The van der Waals surface area contributed by atoms with Gasteiger partial charge in [-0.25, -0.2) is 9.97 Å². The summed E-state index contributed by atoms with van der Waals surface area (Å²) in [6.07, 6.45) is 0.932. The van der Waals surface area contributed by atoms with Gasteiger partial charge in [0.1, 0.15) is 17.5 Å². The normalized spacial score (nSPS) is 14.0. The number of aromatic nitrogens is 2. The van der Waals surface area contributed by atoms with Gasteiger partial charge in [-0.1, -0.05) is 50.2 Å². The van der Waals surface area contributed by atoms with Crippen molar-refractivity contribution >= 4 is 17.3 Å². The van der Waals surface area contributed by atoms with Crippen LogP contribution in [0, 0.1) is 0 Å². The molecule has 0 unspecified atom stereocenters. The molecule has 3 aromatic rings. The van der Waals surface area contributed by atoms with Crippen molar-refractivity contribution in [1.29, 1.82) is 0 Å². The van der Waals surface area contributed by atoms with Crippen molar-refractivity contribution in [3.63, 3.8) is 0 Å². The lowest BCUT2D eigenvalue weighted by atomic mass is 9.91. The molecule has 0 amide bonds. The summed E-state index contributed by atoms with van der Waals surface area (Å²) < 4.78 is 0. The Bertz CT molecular complexity index is 1030. The molecule has 30 heavy (non-hydrogen) atoms. The molecule has 0 radical (unpaired) electrons. The van der Waals surface area contributed by atoms with Gasteiger partial charge in [0, 0.05) is 30.8 Å². The fourth-order valence-corrected chi connectivity index (χ4v) is 3.74. The predicted octanol–water partition coefficient (Wildman–Crippen LogP) is 5.13. The molecule has 0 saturated carbocycles.